The van der Waals surface area contributed by atoms with Crippen LogP contribution in [0.1, 0.15) is 386 Å². The summed E-state index contributed by atoms with van der Waals surface area (Å²) in [5, 5.41) is 9.77. The first-order chi connectivity index (χ1) is 44.6. The molecule has 532 valence electrons. The molecule has 0 aromatic rings. The highest BCUT2D eigenvalue weighted by molar-refractivity contribution is 5.71. The van der Waals surface area contributed by atoms with Crippen LogP contribution in [0.2, 0.25) is 0 Å². The molecular formula is C82H152NO8+. The summed E-state index contributed by atoms with van der Waals surface area (Å²) in [6, 6.07) is 0. The Morgan fingerprint density at radius 2 is 0.626 bits per heavy atom. The van der Waals surface area contributed by atoms with Crippen molar-refractivity contribution >= 4 is 17.9 Å². The number of carbonyl (C=O) groups is 3. The number of carbonyl (C=O) groups excluding carboxylic acids is 2. The molecule has 0 aromatic heterocycles. The molecule has 0 heterocycles. The fourth-order valence-electron chi connectivity index (χ4n) is 11.8. The monoisotopic (exact) mass is 1280 g/mol. The van der Waals surface area contributed by atoms with Crippen molar-refractivity contribution in [2.45, 2.75) is 399 Å². The van der Waals surface area contributed by atoms with Gasteiger partial charge in [0.15, 0.2) is 6.10 Å². The van der Waals surface area contributed by atoms with Gasteiger partial charge in [0.2, 0.25) is 0 Å². The molecule has 0 amide bonds. The van der Waals surface area contributed by atoms with E-state index in [0.717, 1.165) is 70.6 Å². The fraction of sp³-hybridized carbons (Fsp3) is 0.841. The maximum Gasteiger partial charge on any atom is 0.361 e. The highest BCUT2D eigenvalue weighted by Gasteiger charge is 2.25. The Kier molecular flexibility index (Phi) is 70.4. The van der Waals surface area contributed by atoms with E-state index in [9.17, 15) is 19.5 Å². The van der Waals surface area contributed by atoms with Gasteiger partial charge in [-0.15, -0.1) is 0 Å². The summed E-state index contributed by atoms with van der Waals surface area (Å²) in [5.74, 6) is -1.97. The van der Waals surface area contributed by atoms with E-state index >= 15 is 0 Å². The molecule has 0 aliphatic carbocycles. The van der Waals surface area contributed by atoms with Crippen LogP contribution in [-0.4, -0.2) is 87.4 Å². The molecule has 91 heavy (non-hydrogen) atoms. The number of esters is 2. The highest BCUT2D eigenvalue weighted by Crippen LogP contribution is 2.20. The predicted octanol–water partition coefficient (Wildman–Crippen LogP) is 25.0. The largest absolute Gasteiger partial charge is 0.477 e. The molecule has 0 aliphatic rings. The Morgan fingerprint density at radius 1 is 0.341 bits per heavy atom. The van der Waals surface area contributed by atoms with E-state index in [1.807, 2.05) is 21.1 Å². The van der Waals surface area contributed by atoms with E-state index in [-0.39, 0.29) is 38.2 Å². The minimum absolute atomic E-state index is 0.175. The molecule has 0 aromatic carbocycles. The van der Waals surface area contributed by atoms with E-state index in [2.05, 4.69) is 74.6 Å². The Bertz CT molecular complexity index is 1680. The second kappa shape index (κ2) is 72.8. The third-order valence-electron chi connectivity index (χ3n) is 17.8. The molecule has 0 spiro atoms. The van der Waals surface area contributed by atoms with E-state index in [1.165, 1.54) is 289 Å². The standard InChI is InChI=1S/C82H151NO8/c1-6-8-10-12-14-16-18-20-22-24-26-28-30-32-33-34-35-36-37-38-39-40-41-42-43-44-45-46-47-49-51-53-55-57-59-61-63-65-67-69-71-73-80(85)91-78(77-90-82(81(86)87)88-75-74-83(3,4)5)76-89-79(84)72-70-68-66-64-62-60-58-56-54-52-50-48-31-29-27-25-23-21-19-17-15-13-11-9-7-2/h8,10,14,16,20,22,26,28,32-33,78,82H,6-7,9,11-13,15,17-19,21,23-25,27,29-31,34-77H2,1-5H3/p+1/b10-8-,16-14-,22-20-,28-26-,33-32-. The maximum absolute atomic E-state index is 13.0. The van der Waals surface area contributed by atoms with Gasteiger partial charge in [0.05, 0.1) is 34.4 Å². The van der Waals surface area contributed by atoms with Gasteiger partial charge >= 0.3 is 17.9 Å². The number of quaternary nitrogens is 1. The van der Waals surface area contributed by atoms with Crippen molar-refractivity contribution in [3.05, 3.63) is 60.8 Å². The molecule has 9 heteroatoms. The summed E-state index contributed by atoms with van der Waals surface area (Å²) in [6.07, 6.45) is 93.8. The Morgan fingerprint density at radius 3 is 0.934 bits per heavy atom. The van der Waals surface area contributed by atoms with Gasteiger partial charge in [0.1, 0.15) is 13.2 Å². The second-order valence-electron chi connectivity index (χ2n) is 28.0. The van der Waals surface area contributed by atoms with E-state index in [4.69, 9.17) is 18.9 Å². The summed E-state index contributed by atoms with van der Waals surface area (Å²) in [6.45, 7) is 4.84. The zero-order valence-electron chi connectivity index (χ0n) is 61.0. The van der Waals surface area contributed by atoms with E-state index < -0.39 is 18.4 Å². The number of aliphatic carboxylic acids is 1. The van der Waals surface area contributed by atoms with Crippen LogP contribution >= 0.6 is 0 Å². The van der Waals surface area contributed by atoms with Crippen LogP contribution in [0.5, 0.6) is 0 Å². The van der Waals surface area contributed by atoms with Crippen molar-refractivity contribution in [1.82, 2.24) is 0 Å². The number of carboxylic acids is 1. The third kappa shape index (κ3) is 74.3. The number of allylic oxidation sites excluding steroid dienone is 10. The van der Waals surface area contributed by atoms with Crippen molar-refractivity contribution in [1.29, 1.82) is 0 Å². The summed E-state index contributed by atoms with van der Waals surface area (Å²) < 4.78 is 23.1. The number of nitrogens with zero attached hydrogens (tertiary/aromatic N) is 1. The average Bonchev–Trinajstić information content (AvgIpc) is 3.53. The molecule has 0 bridgehead atoms. The van der Waals surface area contributed by atoms with Gasteiger partial charge in [-0.25, -0.2) is 4.79 Å². The zero-order chi connectivity index (χ0) is 66.1. The fourth-order valence-corrected chi connectivity index (χ4v) is 11.8. The van der Waals surface area contributed by atoms with Crippen molar-refractivity contribution in [2.75, 3.05) is 47.5 Å². The van der Waals surface area contributed by atoms with Crippen molar-refractivity contribution in [3.8, 4) is 0 Å². The summed E-state index contributed by atoms with van der Waals surface area (Å²) >= 11 is 0. The van der Waals surface area contributed by atoms with Crippen LogP contribution in [0.15, 0.2) is 60.8 Å². The summed E-state index contributed by atoms with van der Waals surface area (Å²) in [7, 11) is 6.00. The Labute approximate surface area is 565 Å². The van der Waals surface area contributed by atoms with Gasteiger partial charge < -0.3 is 28.5 Å². The van der Waals surface area contributed by atoms with Gasteiger partial charge in [0.25, 0.3) is 6.29 Å². The lowest BCUT2D eigenvalue weighted by Gasteiger charge is -2.25. The van der Waals surface area contributed by atoms with Crippen LogP contribution in [0.4, 0.5) is 0 Å². The minimum Gasteiger partial charge on any atom is -0.477 e. The SMILES string of the molecule is CC/C=C\C/C=C\C/C=C\C/C=C\C/C=C\CCCCCCCCCCCCCCCCCCCCCCCCCCCC(=O)OC(COC(=O)CCCCCCCCCCCCCCCCCCCCCCCCCCC)COC(OCC[N+](C)(C)C)C(=O)O. The molecule has 0 radical (unpaired) electrons. The molecule has 1 N–H and O–H groups in total. The van der Waals surface area contributed by atoms with Crippen LogP contribution in [0, 0.1) is 0 Å². The maximum atomic E-state index is 13.0. The molecule has 0 saturated carbocycles. The number of rotatable bonds is 74. The predicted molar refractivity (Wildman–Crippen MR) is 392 cm³/mol. The van der Waals surface area contributed by atoms with E-state index in [1.54, 1.807) is 0 Å². The third-order valence-corrected chi connectivity index (χ3v) is 17.8. The zero-order valence-corrected chi connectivity index (χ0v) is 61.0. The van der Waals surface area contributed by atoms with Crippen LogP contribution in [-0.2, 0) is 33.3 Å². The van der Waals surface area contributed by atoms with Crippen molar-refractivity contribution < 1.29 is 42.9 Å². The highest BCUT2D eigenvalue weighted by atomic mass is 16.7. The quantitative estimate of drug-likeness (QED) is 0.0211. The molecule has 9 nitrogen and oxygen atoms in total. The number of ether oxygens (including phenoxy) is 4. The van der Waals surface area contributed by atoms with E-state index in [0.29, 0.717) is 17.4 Å². The topological polar surface area (TPSA) is 108 Å². The first kappa shape index (κ1) is 88.0. The minimum atomic E-state index is -1.51. The molecule has 0 fully saturated rings. The smallest absolute Gasteiger partial charge is 0.361 e. The number of hydrogen-bond donors (Lipinski definition) is 1. The number of hydrogen-bond acceptors (Lipinski definition) is 7. The van der Waals surface area contributed by atoms with Gasteiger partial charge in [-0.05, 0) is 57.8 Å². The van der Waals surface area contributed by atoms with Gasteiger partial charge in [0, 0.05) is 12.8 Å². The summed E-state index contributed by atoms with van der Waals surface area (Å²) in [5.41, 5.74) is 0. The number of likely N-dealkylation sites (N-methyl/N-ethyl adjacent to an activating group) is 1. The molecular weight excluding hydrogens is 1130 g/mol. The molecule has 2 atom stereocenters. The van der Waals surface area contributed by atoms with Gasteiger partial charge in [-0.2, -0.15) is 0 Å². The lowest BCUT2D eigenvalue weighted by Crippen LogP contribution is -2.40. The Hall–Kier alpha value is -3.01. The number of carboxylic acid groups (broad SMARTS) is 1. The lowest BCUT2D eigenvalue weighted by molar-refractivity contribution is -0.870. The van der Waals surface area contributed by atoms with Crippen LogP contribution in [0.25, 0.3) is 0 Å². The lowest BCUT2D eigenvalue weighted by atomic mass is 10.0. The van der Waals surface area contributed by atoms with Gasteiger partial charge in [-0.1, -0.05) is 376 Å². The summed E-state index contributed by atoms with van der Waals surface area (Å²) in [4.78, 5) is 37.7. The van der Waals surface area contributed by atoms with Crippen molar-refractivity contribution in [3.63, 3.8) is 0 Å². The number of unbranched alkanes of at least 4 members (excludes halogenated alkanes) is 49. The first-order valence-corrected chi connectivity index (χ1v) is 39.5. The molecule has 2 unspecified atom stereocenters. The first-order valence-electron chi connectivity index (χ1n) is 39.5. The van der Waals surface area contributed by atoms with Crippen LogP contribution < -0.4 is 0 Å². The molecule has 0 aliphatic heterocycles. The normalized spacial score (nSPS) is 12.9. The average molecular weight is 1280 g/mol. The second-order valence-corrected chi connectivity index (χ2v) is 28.0. The van der Waals surface area contributed by atoms with Crippen LogP contribution in [0.3, 0.4) is 0 Å². The van der Waals surface area contributed by atoms with Crippen molar-refractivity contribution in [2.24, 2.45) is 0 Å². The molecule has 0 rings (SSSR count). The Balaban J connectivity index is 3.94. The molecule has 0 saturated heterocycles. The van der Waals surface area contributed by atoms with Gasteiger partial charge in [-0.3, -0.25) is 9.59 Å².